The highest BCUT2D eigenvalue weighted by molar-refractivity contribution is 5.92. The fraction of sp³-hybridized carbons (Fsp3) is 0.636. The summed E-state index contributed by atoms with van der Waals surface area (Å²) in [4.78, 5) is 11.7. The van der Waals surface area contributed by atoms with Crippen molar-refractivity contribution in [3.8, 4) is 0 Å². The molecule has 3 N–H and O–H groups in total. The summed E-state index contributed by atoms with van der Waals surface area (Å²) < 4.78 is 1.80. The average molecular weight is 224 g/mol. The highest BCUT2D eigenvalue weighted by Crippen LogP contribution is 2.12. The number of hydrogen-bond acceptors (Lipinski definition) is 3. The van der Waals surface area contributed by atoms with E-state index < -0.39 is 0 Å². The second kappa shape index (κ2) is 5.65. The molecule has 0 radical (unpaired) electrons. The molecule has 0 aliphatic heterocycles. The standard InChI is InChI=1S/C11H20N4O/c1-4-9(5-12)11(16)14-10-6-13-15(7-10)8(2)3/h6-9H,4-5,12H2,1-3H3,(H,14,16). The third-order valence-corrected chi connectivity index (χ3v) is 2.55. The van der Waals surface area contributed by atoms with Crippen molar-refractivity contribution < 1.29 is 4.79 Å². The molecule has 1 amide bonds. The van der Waals surface area contributed by atoms with Crippen molar-refractivity contribution in [2.24, 2.45) is 11.7 Å². The lowest BCUT2D eigenvalue weighted by atomic mass is 10.1. The van der Waals surface area contributed by atoms with Crippen LogP contribution in [0, 0.1) is 5.92 Å². The molecular weight excluding hydrogens is 204 g/mol. The molecule has 0 bridgehead atoms. The van der Waals surface area contributed by atoms with Gasteiger partial charge in [-0.2, -0.15) is 5.10 Å². The van der Waals surface area contributed by atoms with Crippen LogP contribution in [0.1, 0.15) is 33.2 Å². The highest BCUT2D eigenvalue weighted by Gasteiger charge is 2.15. The molecule has 1 heterocycles. The van der Waals surface area contributed by atoms with Gasteiger partial charge in [0.05, 0.1) is 17.8 Å². The first-order valence-electron chi connectivity index (χ1n) is 5.63. The minimum Gasteiger partial charge on any atom is -0.330 e. The van der Waals surface area contributed by atoms with Crippen LogP contribution in [-0.2, 0) is 4.79 Å². The van der Waals surface area contributed by atoms with Crippen LogP contribution in [0.2, 0.25) is 0 Å². The molecule has 1 aromatic heterocycles. The van der Waals surface area contributed by atoms with E-state index >= 15 is 0 Å². The van der Waals surface area contributed by atoms with Crippen molar-refractivity contribution in [3.05, 3.63) is 12.4 Å². The third-order valence-electron chi connectivity index (χ3n) is 2.55. The quantitative estimate of drug-likeness (QED) is 0.793. The van der Waals surface area contributed by atoms with Gasteiger partial charge in [0.1, 0.15) is 0 Å². The van der Waals surface area contributed by atoms with Crippen molar-refractivity contribution in [1.82, 2.24) is 9.78 Å². The summed E-state index contributed by atoms with van der Waals surface area (Å²) in [6.07, 6.45) is 4.23. The SMILES string of the molecule is CCC(CN)C(=O)Nc1cnn(C(C)C)c1. The van der Waals surface area contributed by atoms with E-state index in [1.807, 2.05) is 27.0 Å². The summed E-state index contributed by atoms with van der Waals surface area (Å²) in [5, 5.41) is 6.97. The summed E-state index contributed by atoms with van der Waals surface area (Å²) >= 11 is 0. The van der Waals surface area contributed by atoms with Crippen LogP contribution < -0.4 is 11.1 Å². The van der Waals surface area contributed by atoms with Crippen molar-refractivity contribution in [2.45, 2.75) is 33.2 Å². The highest BCUT2D eigenvalue weighted by atomic mass is 16.1. The maximum Gasteiger partial charge on any atom is 0.228 e. The first kappa shape index (κ1) is 12.7. The number of rotatable bonds is 5. The monoisotopic (exact) mass is 224 g/mol. The van der Waals surface area contributed by atoms with Gasteiger partial charge in [-0.15, -0.1) is 0 Å². The lowest BCUT2D eigenvalue weighted by molar-refractivity contribution is -0.119. The van der Waals surface area contributed by atoms with Crippen LogP contribution in [0.4, 0.5) is 5.69 Å². The number of hydrogen-bond donors (Lipinski definition) is 2. The molecule has 0 fully saturated rings. The van der Waals surface area contributed by atoms with Crippen LogP contribution in [-0.4, -0.2) is 22.2 Å². The van der Waals surface area contributed by atoms with Gasteiger partial charge < -0.3 is 11.1 Å². The smallest absolute Gasteiger partial charge is 0.228 e. The molecule has 1 aromatic rings. The molecule has 0 saturated heterocycles. The molecule has 5 nitrogen and oxygen atoms in total. The van der Waals surface area contributed by atoms with Gasteiger partial charge >= 0.3 is 0 Å². The number of nitrogens with zero attached hydrogens (tertiary/aromatic N) is 2. The maximum atomic E-state index is 11.7. The van der Waals surface area contributed by atoms with E-state index in [2.05, 4.69) is 10.4 Å². The maximum absolute atomic E-state index is 11.7. The lowest BCUT2D eigenvalue weighted by Gasteiger charge is -2.11. The van der Waals surface area contributed by atoms with E-state index in [0.29, 0.717) is 12.6 Å². The fourth-order valence-electron chi connectivity index (χ4n) is 1.39. The molecule has 90 valence electrons. The van der Waals surface area contributed by atoms with Crippen molar-refractivity contribution in [1.29, 1.82) is 0 Å². The zero-order valence-electron chi connectivity index (χ0n) is 10.1. The van der Waals surface area contributed by atoms with Gasteiger partial charge in [-0.25, -0.2) is 0 Å². The van der Waals surface area contributed by atoms with Crippen LogP contribution >= 0.6 is 0 Å². The van der Waals surface area contributed by atoms with Crippen LogP contribution in [0.25, 0.3) is 0 Å². The Morgan fingerprint density at radius 1 is 1.62 bits per heavy atom. The van der Waals surface area contributed by atoms with Crippen LogP contribution in [0.15, 0.2) is 12.4 Å². The largest absolute Gasteiger partial charge is 0.330 e. The van der Waals surface area contributed by atoms with Gasteiger partial charge in [-0.05, 0) is 20.3 Å². The number of amides is 1. The second-order valence-corrected chi connectivity index (χ2v) is 4.13. The Morgan fingerprint density at radius 3 is 2.75 bits per heavy atom. The Kier molecular flexibility index (Phi) is 4.49. The van der Waals surface area contributed by atoms with Crippen molar-refractivity contribution >= 4 is 11.6 Å². The zero-order chi connectivity index (χ0) is 12.1. The average Bonchev–Trinajstić information content (AvgIpc) is 2.68. The Balaban J connectivity index is 2.62. The first-order valence-corrected chi connectivity index (χ1v) is 5.63. The van der Waals surface area contributed by atoms with E-state index in [-0.39, 0.29) is 11.8 Å². The van der Waals surface area contributed by atoms with Gasteiger partial charge in [0.15, 0.2) is 0 Å². The number of nitrogens with one attached hydrogen (secondary N) is 1. The number of anilines is 1. The van der Waals surface area contributed by atoms with E-state index in [4.69, 9.17) is 5.73 Å². The molecule has 16 heavy (non-hydrogen) atoms. The minimum absolute atomic E-state index is 0.0340. The summed E-state index contributed by atoms with van der Waals surface area (Å²) in [7, 11) is 0. The Morgan fingerprint density at radius 2 is 2.31 bits per heavy atom. The second-order valence-electron chi connectivity index (χ2n) is 4.13. The van der Waals surface area contributed by atoms with Crippen molar-refractivity contribution in [2.75, 3.05) is 11.9 Å². The van der Waals surface area contributed by atoms with Crippen LogP contribution in [0.5, 0.6) is 0 Å². The molecular formula is C11H20N4O. The third kappa shape index (κ3) is 3.06. The number of nitrogens with two attached hydrogens (primary N) is 1. The molecule has 0 aliphatic carbocycles. The number of aromatic nitrogens is 2. The van der Waals surface area contributed by atoms with Gasteiger partial charge in [-0.1, -0.05) is 6.92 Å². The Hall–Kier alpha value is -1.36. The molecule has 5 heteroatoms. The zero-order valence-corrected chi connectivity index (χ0v) is 10.1. The first-order chi connectivity index (χ1) is 7.58. The predicted molar refractivity (Wildman–Crippen MR) is 64.1 cm³/mol. The molecule has 1 rings (SSSR count). The topological polar surface area (TPSA) is 72.9 Å². The minimum atomic E-state index is -0.123. The predicted octanol–water partition coefficient (Wildman–Crippen LogP) is 1.39. The number of carbonyl (C=O) groups is 1. The summed E-state index contributed by atoms with van der Waals surface area (Å²) in [5.74, 6) is -0.157. The summed E-state index contributed by atoms with van der Waals surface area (Å²) in [6, 6.07) is 0.294. The van der Waals surface area contributed by atoms with E-state index in [0.717, 1.165) is 12.1 Å². The molecule has 1 unspecified atom stereocenters. The number of carbonyl (C=O) groups excluding carboxylic acids is 1. The lowest BCUT2D eigenvalue weighted by Crippen LogP contribution is -2.28. The van der Waals surface area contributed by atoms with Gasteiger partial charge in [0.25, 0.3) is 0 Å². The van der Waals surface area contributed by atoms with Crippen LogP contribution in [0.3, 0.4) is 0 Å². The molecule has 0 aromatic carbocycles. The molecule has 1 atom stereocenters. The van der Waals surface area contributed by atoms with Gasteiger partial charge in [0, 0.05) is 18.8 Å². The van der Waals surface area contributed by atoms with E-state index in [9.17, 15) is 4.79 Å². The van der Waals surface area contributed by atoms with E-state index in [1.54, 1.807) is 10.9 Å². The Labute approximate surface area is 96.0 Å². The summed E-state index contributed by atoms with van der Waals surface area (Å²) in [5.41, 5.74) is 6.24. The van der Waals surface area contributed by atoms with Gasteiger partial charge in [-0.3, -0.25) is 9.48 Å². The Bertz CT molecular complexity index is 342. The van der Waals surface area contributed by atoms with E-state index in [1.165, 1.54) is 0 Å². The molecule has 0 saturated carbocycles. The van der Waals surface area contributed by atoms with Crippen molar-refractivity contribution in [3.63, 3.8) is 0 Å². The normalized spacial score (nSPS) is 12.8. The molecule has 0 spiro atoms. The summed E-state index contributed by atoms with van der Waals surface area (Å²) in [6.45, 7) is 6.40. The van der Waals surface area contributed by atoms with Gasteiger partial charge in [0.2, 0.25) is 5.91 Å². The fourth-order valence-corrected chi connectivity index (χ4v) is 1.39. The molecule has 0 aliphatic rings.